The van der Waals surface area contributed by atoms with Gasteiger partial charge in [0.25, 0.3) is 0 Å². The normalized spacial score (nSPS) is 24.4. The SMILES string of the molecule is CCC1CCCCC1Nc1ccnc(NN)n1. The summed E-state index contributed by atoms with van der Waals surface area (Å²) < 4.78 is 0. The molecule has 0 radical (unpaired) electrons. The lowest BCUT2D eigenvalue weighted by molar-refractivity contribution is 0.317. The van der Waals surface area contributed by atoms with Gasteiger partial charge in [0.05, 0.1) is 0 Å². The van der Waals surface area contributed by atoms with E-state index in [9.17, 15) is 0 Å². The molecule has 1 heterocycles. The molecule has 94 valence electrons. The maximum Gasteiger partial charge on any atom is 0.239 e. The van der Waals surface area contributed by atoms with Crippen molar-refractivity contribution in [3.63, 3.8) is 0 Å². The number of anilines is 2. The van der Waals surface area contributed by atoms with Gasteiger partial charge in [0.1, 0.15) is 5.82 Å². The summed E-state index contributed by atoms with van der Waals surface area (Å²) in [6.07, 6.45) is 8.16. The van der Waals surface area contributed by atoms with Crippen LogP contribution in [-0.2, 0) is 0 Å². The number of nitrogen functional groups attached to an aromatic ring is 1. The molecule has 1 aromatic heterocycles. The standard InChI is InChI=1S/C12H21N5/c1-2-9-5-3-4-6-10(9)15-11-7-8-14-12(16-11)17-13/h7-10H,2-6,13H2,1H3,(H2,14,15,16,17). The van der Waals surface area contributed by atoms with Crippen molar-refractivity contribution in [2.45, 2.75) is 45.1 Å². The minimum absolute atomic E-state index is 0.457. The molecular weight excluding hydrogens is 214 g/mol. The molecule has 5 heteroatoms. The monoisotopic (exact) mass is 235 g/mol. The number of nitrogens with two attached hydrogens (primary N) is 1. The van der Waals surface area contributed by atoms with Gasteiger partial charge in [-0.3, -0.25) is 5.43 Å². The molecule has 2 rings (SSSR count). The average Bonchev–Trinajstić information content (AvgIpc) is 2.39. The van der Waals surface area contributed by atoms with Crippen molar-refractivity contribution < 1.29 is 0 Å². The van der Waals surface area contributed by atoms with Crippen molar-refractivity contribution in [2.24, 2.45) is 11.8 Å². The molecule has 0 spiro atoms. The maximum absolute atomic E-state index is 5.30. The van der Waals surface area contributed by atoms with Crippen LogP contribution in [0.15, 0.2) is 12.3 Å². The summed E-state index contributed by atoms with van der Waals surface area (Å²) in [4.78, 5) is 8.30. The van der Waals surface area contributed by atoms with Crippen LogP contribution in [-0.4, -0.2) is 16.0 Å². The summed E-state index contributed by atoms with van der Waals surface area (Å²) in [5.41, 5.74) is 2.47. The van der Waals surface area contributed by atoms with Crippen LogP contribution in [0.2, 0.25) is 0 Å². The molecule has 5 nitrogen and oxygen atoms in total. The molecule has 4 N–H and O–H groups in total. The molecule has 0 saturated heterocycles. The van der Waals surface area contributed by atoms with Gasteiger partial charge in [-0.1, -0.05) is 26.2 Å². The number of hydrogen-bond donors (Lipinski definition) is 3. The van der Waals surface area contributed by atoms with E-state index < -0.39 is 0 Å². The average molecular weight is 235 g/mol. The third-order valence-corrected chi connectivity index (χ3v) is 3.55. The van der Waals surface area contributed by atoms with Crippen LogP contribution in [0.25, 0.3) is 0 Å². The van der Waals surface area contributed by atoms with E-state index in [1.807, 2.05) is 6.07 Å². The van der Waals surface area contributed by atoms with E-state index in [-0.39, 0.29) is 0 Å². The Morgan fingerprint density at radius 2 is 2.24 bits per heavy atom. The first-order valence-electron chi connectivity index (χ1n) is 6.39. The van der Waals surface area contributed by atoms with Crippen LogP contribution < -0.4 is 16.6 Å². The summed E-state index contributed by atoms with van der Waals surface area (Å²) in [7, 11) is 0. The van der Waals surface area contributed by atoms with E-state index in [4.69, 9.17) is 5.84 Å². The van der Waals surface area contributed by atoms with Crippen molar-refractivity contribution in [3.05, 3.63) is 12.3 Å². The summed E-state index contributed by atoms with van der Waals surface area (Å²) in [6.45, 7) is 2.26. The first kappa shape index (κ1) is 12.1. The van der Waals surface area contributed by atoms with Gasteiger partial charge in [-0.15, -0.1) is 0 Å². The molecule has 2 atom stereocenters. The second kappa shape index (κ2) is 5.82. The van der Waals surface area contributed by atoms with E-state index in [2.05, 4.69) is 27.6 Å². The fourth-order valence-electron chi connectivity index (χ4n) is 2.58. The fourth-order valence-corrected chi connectivity index (χ4v) is 2.58. The van der Waals surface area contributed by atoms with Crippen molar-refractivity contribution in [1.82, 2.24) is 9.97 Å². The molecule has 17 heavy (non-hydrogen) atoms. The molecule has 1 aliphatic carbocycles. The van der Waals surface area contributed by atoms with Crippen molar-refractivity contribution in [3.8, 4) is 0 Å². The Morgan fingerprint density at radius 1 is 1.41 bits per heavy atom. The first-order valence-corrected chi connectivity index (χ1v) is 6.39. The fraction of sp³-hybridized carbons (Fsp3) is 0.667. The molecule has 2 unspecified atom stereocenters. The molecule has 1 fully saturated rings. The van der Waals surface area contributed by atoms with Gasteiger partial charge >= 0.3 is 0 Å². The zero-order chi connectivity index (χ0) is 12.1. The maximum atomic E-state index is 5.30. The minimum atomic E-state index is 0.457. The highest BCUT2D eigenvalue weighted by Gasteiger charge is 2.23. The van der Waals surface area contributed by atoms with Gasteiger partial charge in [-0.05, 0) is 24.8 Å². The third-order valence-electron chi connectivity index (χ3n) is 3.55. The Kier molecular flexibility index (Phi) is 4.14. The lowest BCUT2D eigenvalue weighted by Gasteiger charge is -2.31. The van der Waals surface area contributed by atoms with Gasteiger partial charge in [0.15, 0.2) is 0 Å². The van der Waals surface area contributed by atoms with Gasteiger partial charge in [0, 0.05) is 12.2 Å². The van der Waals surface area contributed by atoms with E-state index in [1.165, 1.54) is 32.1 Å². The zero-order valence-electron chi connectivity index (χ0n) is 10.3. The lowest BCUT2D eigenvalue weighted by Crippen LogP contribution is -2.32. The van der Waals surface area contributed by atoms with Crippen LogP contribution in [0.1, 0.15) is 39.0 Å². The molecule has 0 amide bonds. The highest BCUT2D eigenvalue weighted by molar-refractivity contribution is 5.40. The molecule has 1 aromatic rings. The quantitative estimate of drug-likeness (QED) is 0.550. The van der Waals surface area contributed by atoms with E-state index in [0.717, 1.165) is 11.7 Å². The van der Waals surface area contributed by atoms with Crippen molar-refractivity contribution in [2.75, 3.05) is 10.7 Å². The summed E-state index contributed by atoms with van der Waals surface area (Å²) >= 11 is 0. The van der Waals surface area contributed by atoms with Gasteiger partial charge < -0.3 is 5.32 Å². The van der Waals surface area contributed by atoms with E-state index >= 15 is 0 Å². The molecule has 1 aliphatic rings. The van der Waals surface area contributed by atoms with E-state index in [1.54, 1.807) is 6.20 Å². The molecule has 0 aliphatic heterocycles. The summed E-state index contributed by atoms with van der Waals surface area (Å²) in [5, 5.41) is 3.51. The van der Waals surface area contributed by atoms with Gasteiger partial charge in [0.2, 0.25) is 5.95 Å². The predicted molar refractivity (Wildman–Crippen MR) is 69.5 cm³/mol. The lowest BCUT2D eigenvalue weighted by atomic mass is 9.83. The zero-order valence-corrected chi connectivity index (χ0v) is 10.3. The van der Waals surface area contributed by atoms with Crippen LogP contribution in [0.4, 0.5) is 11.8 Å². The Labute approximate surface area is 102 Å². The third kappa shape index (κ3) is 3.06. The van der Waals surface area contributed by atoms with Crippen LogP contribution >= 0.6 is 0 Å². The number of hydrogen-bond acceptors (Lipinski definition) is 5. The highest BCUT2D eigenvalue weighted by atomic mass is 15.3. The van der Waals surface area contributed by atoms with Crippen LogP contribution in [0.5, 0.6) is 0 Å². The van der Waals surface area contributed by atoms with Gasteiger partial charge in [-0.25, -0.2) is 10.8 Å². The number of hydrazine groups is 1. The van der Waals surface area contributed by atoms with Crippen LogP contribution in [0, 0.1) is 5.92 Å². The number of nitrogens with one attached hydrogen (secondary N) is 2. The predicted octanol–water partition coefficient (Wildman–Crippen LogP) is 2.14. The van der Waals surface area contributed by atoms with Crippen molar-refractivity contribution in [1.29, 1.82) is 0 Å². The second-order valence-corrected chi connectivity index (χ2v) is 4.61. The Balaban J connectivity index is 2.02. The minimum Gasteiger partial charge on any atom is -0.367 e. The smallest absolute Gasteiger partial charge is 0.239 e. The van der Waals surface area contributed by atoms with Crippen LogP contribution in [0.3, 0.4) is 0 Å². The molecule has 0 aromatic carbocycles. The second-order valence-electron chi connectivity index (χ2n) is 4.61. The van der Waals surface area contributed by atoms with Crippen molar-refractivity contribution >= 4 is 11.8 Å². The Morgan fingerprint density at radius 3 is 3.00 bits per heavy atom. The number of nitrogens with zero attached hydrogens (tertiary/aromatic N) is 2. The largest absolute Gasteiger partial charge is 0.367 e. The molecule has 1 saturated carbocycles. The van der Waals surface area contributed by atoms with Gasteiger partial charge in [-0.2, -0.15) is 4.98 Å². The summed E-state index contributed by atoms with van der Waals surface area (Å²) in [6, 6.07) is 2.43. The first-order chi connectivity index (χ1) is 8.33. The number of aromatic nitrogens is 2. The topological polar surface area (TPSA) is 75.9 Å². The Bertz CT molecular complexity index is 355. The Hall–Kier alpha value is -1.36. The summed E-state index contributed by atoms with van der Waals surface area (Å²) in [5.74, 6) is 7.38. The van der Waals surface area contributed by atoms with E-state index in [0.29, 0.717) is 12.0 Å². The number of rotatable bonds is 4. The molecular formula is C12H21N5. The molecule has 0 bridgehead atoms. The highest BCUT2D eigenvalue weighted by Crippen LogP contribution is 2.28.